The van der Waals surface area contributed by atoms with Gasteiger partial charge in [0.25, 0.3) is 5.91 Å². The fourth-order valence-electron chi connectivity index (χ4n) is 1.93. The van der Waals surface area contributed by atoms with Crippen molar-refractivity contribution in [1.29, 1.82) is 0 Å². The molecule has 6 heteroatoms. The van der Waals surface area contributed by atoms with Crippen LogP contribution in [0.3, 0.4) is 0 Å². The summed E-state index contributed by atoms with van der Waals surface area (Å²) in [6.45, 7) is 2.24. The molecule has 0 aromatic heterocycles. The van der Waals surface area contributed by atoms with E-state index in [1.54, 1.807) is 0 Å². The number of anilines is 2. The summed E-state index contributed by atoms with van der Waals surface area (Å²) in [6, 6.07) is 8.62. The maximum atomic E-state index is 13.0. The number of nitrogens with zero attached hydrogens (tertiary/aromatic N) is 1. The van der Waals surface area contributed by atoms with Crippen LogP contribution in [0.2, 0.25) is 10.0 Å². The normalized spacial score (nSPS) is 10.5. The van der Waals surface area contributed by atoms with Gasteiger partial charge < -0.3 is 10.6 Å². The standard InChI is InChI=1S/C15H13Cl2FN2O/c1-2-20(11-5-3-10(18)4-6-11)15(21)9-7-12(16)14(19)13(17)8-9/h3-8H,2,19H2,1H3. The van der Waals surface area contributed by atoms with Gasteiger partial charge in [-0.2, -0.15) is 0 Å². The molecule has 0 fully saturated rings. The van der Waals surface area contributed by atoms with Crippen LogP contribution in [0.1, 0.15) is 17.3 Å². The average Bonchev–Trinajstić information content (AvgIpc) is 2.46. The van der Waals surface area contributed by atoms with E-state index >= 15 is 0 Å². The lowest BCUT2D eigenvalue weighted by Crippen LogP contribution is -2.30. The van der Waals surface area contributed by atoms with Gasteiger partial charge in [-0.15, -0.1) is 0 Å². The molecule has 2 aromatic rings. The molecule has 0 aliphatic rings. The molecule has 2 N–H and O–H groups in total. The van der Waals surface area contributed by atoms with E-state index in [-0.39, 0.29) is 27.5 Å². The molecular formula is C15H13Cl2FN2O. The van der Waals surface area contributed by atoms with E-state index in [9.17, 15) is 9.18 Å². The zero-order valence-electron chi connectivity index (χ0n) is 11.2. The van der Waals surface area contributed by atoms with Crippen LogP contribution in [0.25, 0.3) is 0 Å². The molecule has 0 atom stereocenters. The summed E-state index contributed by atoms with van der Waals surface area (Å²) in [5.41, 5.74) is 6.81. The number of hydrogen-bond donors (Lipinski definition) is 1. The summed E-state index contributed by atoms with van der Waals surface area (Å²) < 4.78 is 13.0. The Morgan fingerprint density at radius 3 is 2.19 bits per heavy atom. The number of halogens is 3. The van der Waals surface area contributed by atoms with Crippen molar-refractivity contribution in [1.82, 2.24) is 0 Å². The Kier molecular flexibility index (Phi) is 4.70. The zero-order chi connectivity index (χ0) is 15.6. The second kappa shape index (κ2) is 6.33. The lowest BCUT2D eigenvalue weighted by atomic mass is 10.1. The van der Waals surface area contributed by atoms with Crippen molar-refractivity contribution < 1.29 is 9.18 Å². The number of carbonyl (C=O) groups excluding carboxylic acids is 1. The number of hydrogen-bond acceptors (Lipinski definition) is 2. The third kappa shape index (κ3) is 3.28. The van der Waals surface area contributed by atoms with Gasteiger partial charge in [-0.3, -0.25) is 4.79 Å². The lowest BCUT2D eigenvalue weighted by Gasteiger charge is -2.21. The SMILES string of the molecule is CCN(C(=O)c1cc(Cl)c(N)c(Cl)c1)c1ccc(F)cc1. The smallest absolute Gasteiger partial charge is 0.258 e. The van der Waals surface area contributed by atoms with Gasteiger partial charge in [0.2, 0.25) is 0 Å². The van der Waals surface area contributed by atoms with Gasteiger partial charge in [0.05, 0.1) is 15.7 Å². The molecule has 0 spiro atoms. The molecule has 2 aromatic carbocycles. The molecule has 0 aliphatic heterocycles. The maximum absolute atomic E-state index is 13.0. The van der Waals surface area contributed by atoms with Crippen LogP contribution in [-0.2, 0) is 0 Å². The minimum atomic E-state index is -0.360. The Hall–Kier alpha value is -1.78. The molecule has 0 heterocycles. The van der Waals surface area contributed by atoms with Gasteiger partial charge in [0.1, 0.15) is 5.82 Å². The van der Waals surface area contributed by atoms with Gasteiger partial charge in [-0.05, 0) is 43.3 Å². The fraction of sp³-hybridized carbons (Fsp3) is 0.133. The first-order valence-electron chi connectivity index (χ1n) is 6.26. The van der Waals surface area contributed by atoms with E-state index in [0.29, 0.717) is 17.8 Å². The van der Waals surface area contributed by atoms with E-state index in [0.717, 1.165) is 0 Å². The summed E-state index contributed by atoms with van der Waals surface area (Å²) in [7, 11) is 0. The number of carbonyl (C=O) groups is 1. The van der Waals surface area contributed by atoms with Crippen LogP contribution in [0.5, 0.6) is 0 Å². The number of amides is 1. The molecule has 1 amide bonds. The zero-order valence-corrected chi connectivity index (χ0v) is 12.7. The van der Waals surface area contributed by atoms with Crippen molar-refractivity contribution in [2.75, 3.05) is 17.2 Å². The van der Waals surface area contributed by atoms with Crippen LogP contribution >= 0.6 is 23.2 Å². The molecule has 110 valence electrons. The highest BCUT2D eigenvalue weighted by Gasteiger charge is 2.18. The number of benzene rings is 2. The molecule has 2 rings (SSSR count). The molecule has 0 radical (unpaired) electrons. The summed E-state index contributed by atoms with van der Waals surface area (Å²) in [5, 5.41) is 0.446. The van der Waals surface area contributed by atoms with E-state index in [4.69, 9.17) is 28.9 Å². The van der Waals surface area contributed by atoms with Crippen LogP contribution in [0.15, 0.2) is 36.4 Å². The highest BCUT2D eigenvalue weighted by Crippen LogP contribution is 2.30. The molecule has 0 bridgehead atoms. The van der Waals surface area contributed by atoms with Gasteiger partial charge in [0.15, 0.2) is 0 Å². The Bertz CT molecular complexity index is 651. The molecule has 0 saturated heterocycles. The van der Waals surface area contributed by atoms with E-state index in [2.05, 4.69) is 0 Å². The largest absolute Gasteiger partial charge is 0.396 e. The summed E-state index contributed by atoms with van der Waals surface area (Å²) in [5.74, 6) is -0.645. The third-order valence-electron chi connectivity index (χ3n) is 3.03. The monoisotopic (exact) mass is 326 g/mol. The number of nitrogen functional groups attached to an aromatic ring is 1. The van der Waals surface area contributed by atoms with Gasteiger partial charge in [-0.25, -0.2) is 4.39 Å². The molecule has 21 heavy (non-hydrogen) atoms. The predicted molar refractivity (Wildman–Crippen MR) is 84.6 cm³/mol. The number of rotatable bonds is 3. The minimum absolute atomic E-state index is 0.223. The average molecular weight is 327 g/mol. The Balaban J connectivity index is 2.39. The molecule has 0 saturated carbocycles. The second-order valence-electron chi connectivity index (χ2n) is 4.38. The van der Waals surface area contributed by atoms with Crippen molar-refractivity contribution in [3.8, 4) is 0 Å². The molecular weight excluding hydrogens is 314 g/mol. The highest BCUT2D eigenvalue weighted by molar-refractivity contribution is 6.39. The Labute approximate surface area is 132 Å². The summed E-state index contributed by atoms with van der Waals surface area (Å²) >= 11 is 11.9. The van der Waals surface area contributed by atoms with Crippen molar-refractivity contribution >= 4 is 40.5 Å². The van der Waals surface area contributed by atoms with Crippen molar-refractivity contribution in [3.05, 3.63) is 57.8 Å². The topological polar surface area (TPSA) is 46.3 Å². The second-order valence-corrected chi connectivity index (χ2v) is 5.19. The quantitative estimate of drug-likeness (QED) is 0.850. The summed E-state index contributed by atoms with van der Waals surface area (Å²) in [4.78, 5) is 14.0. The van der Waals surface area contributed by atoms with E-state index in [1.807, 2.05) is 6.92 Å². The predicted octanol–water partition coefficient (Wildman–Crippen LogP) is 4.38. The van der Waals surface area contributed by atoms with E-state index < -0.39 is 0 Å². The lowest BCUT2D eigenvalue weighted by molar-refractivity contribution is 0.0988. The number of nitrogens with two attached hydrogens (primary N) is 1. The van der Waals surface area contributed by atoms with Gasteiger partial charge in [0, 0.05) is 17.8 Å². The Morgan fingerprint density at radius 2 is 1.71 bits per heavy atom. The van der Waals surface area contributed by atoms with Crippen LogP contribution in [0, 0.1) is 5.82 Å². The Morgan fingerprint density at radius 1 is 1.19 bits per heavy atom. The van der Waals surface area contributed by atoms with Crippen molar-refractivity contribution in [3.63, 3.8) is 0 Å². The van der Waals surface area contributed by atoms with Gasteiger partial charge in [-0.1, -0.05) is 23.2 Å². The summed E-state index contributed by atoms with van der Waals surface area (Å²) in [6.07, 6.45) is 0. The fourth-order valence-corrected chi connectivity index (χ4v) is 2.42. The van der Waals surface area contributed by atoms with Crippen LogP contribution in [-0.4, -0.2) is 12.5 Å². The maximum Gasteiger partial charge on any atom is 0.258 e. The van der Waals surface area contributed by atoms with Crippen molar-refractivity contribution in [2.24, 2.45) is 0 Å². The molecule has 3 nitrogen and oxygen atoms in total. The van der Waals surface area contributed by atoms with Crippen LogP contribution < -0.4 is 10.6 Å². The van der Waals surface area contributed by atoms with E-state index in [1.165, 1.54) is 41.3 Å². The minimum Gasteiger partial charge on any atom is -0.396 e. The first-order chi connectivity index (χ1) is 9.93. The van der Waals surface area contributed by atoms with Crippen molar-refractivity contribution in [2.45, 2.75) is 6.92 Å². The van der Waals surface area contributed by atoms with Gasteiger partial charge >= 0.3 is 0 Å². The first kappa shape index (κ1) is 15.6. The third-order valence-corrected chi connectivity index (χ3v) is 3.65. The van der Waals surface area contributed by atoms with Crippen LogP contribution in [0.4, 0.5) is 15.8 Å². The molecule has 0 aliphatic carbocycles. The molecule has 0 unspecified atom stereocenters. The first-order valence-corrected chi connectivity index (χ1v) is 7.01. The highest BCUT2D eigenvalue weighted by atomic mass is 35.5.